The maximum absolute atomic E-state index is 11.8. The predicted molar refractivity (Wildman–Crippen MR) is 54.4 cm³/mol. The van der Waals surface area contributed by atoms with Crippen LogP contribution in [0, 0.1) is 11.8 Å². The third-order valence-electron chi connectivity index (χ3n) is 3.08. The number of carbonyl (C=O) groups excluding carboxylic acids is 1. The monoisotopic (exact) mass is 183 g/mol. The summed E-state index contributed by atoms with van der Waals surface area (Å²) in [5, 5.41) is 0. The van der Waals surface area contributed by atoms with E-state index in [1.54, 1.807) is 0 Å². The second-order valence-electron chi connectivity index (χ2n) is 4.36. The normalized spacial score (nSPS) is 30.4. The highest BCUT2D eigenvalue weighted by Gasteiger charge is 2.29. The zero-order valence-electron chi connectivity index (χ0n) is 8.75. The Balaban J connectivity index is 2.38. The molecule has 1 rings (SSSR count). The molecule has 0 aromatic carbocycles. The molecule has 3 unspecified atom stereocenters. The number of rotatable bonds is 4. The molecule has 1 aliphatic rings. The van der Waals surface area contributed by atoms with Gasteiger partial charge in [0.25, 0.3) is 0 Å². The summed E-state index contributed by atoms with van der Waals surface area (Å²) in [7, 11) is 0. The number of Topliss-reactive ketones (excluding diaryl/α,β-unsaturated/α-hetero) is 1. The Kier molecular flexibility index (Phi) is 3.91. The van der Waals surface area contributed by atoms with E-state index < -0.39 is 0 Å². The molecule has 3 atom stereocenters. The predicted octanol–water partition coefficient (Wildman–Crippen LogP) is 2.12. The minimum absolute atomic E-state index is 0.250. The highest BCUT2D eigenvalue weighted by atomic mass is 16.1. The first-order valence-electron chi connectivity index (χ1n) is 5.44. The quantitative estimate of drug-likeness (QED) is 0.725. The molecular formula is C11H21NO. The van der Waals surface area contributed by atoms with Crippen molar-refractivity contribution >= 4 is 5.78 Å². The van der Waals surface area contributed by atoms with Crippen molar-refractivity contribution in [3.05, 3.63) is 0 Å². The summed E-state index contributed by atoms with van der Waals surface area (Å²) >= 11 is 0. The van der Waals surface area contributed by atoms with Gasteiger partial charge in [-0.05, 0) is 25.7 Å². The van der Waals surface area contributed by atoms with Gasteiger partial charge in [-0.2, -0.15) is 0 Å². The lowest BCUT2D eigenvalue weighted by molar-refractivity contribution is -0.126. The summed E-state index contributed by atoms with van der Waals surface area (Å²) in [6.45, 7) is 4.18. The van der Waals surface area contributed by atoms with Crippen LogP contribution in [0.5, 0.6) is 0 Å². The third-order valence-corrected chi connectivity index (χ3v) is 3.08. The largest absolute Gasteiger partial charge is 0.328 e. The van der Waals surface area contributed by atoms with Crippen molar-refractivity contribution in [2.24, 2.45) is 17.6 Å². The maximum atomic E-state index is 11.8. The van der Waals surface area contributed by atoms with Gasteiger partial charge in [0, 0.05) is 17.9 Å². The van der Waals surface area contributed by atoms with Crippen LogP contribution in [-0.4, -0.2) is 11.8 Å². The first kappa shape index (κ1) is 10.7. The number of hydrogen-bond acceptors (Lipinski definition) is 2. The molecule has 1 fully saturated rings. The van der Waals surface area contributed by atoms with Crippen molar-refractivity contribution in [3.8, 4) is 0 Å². The zero-order valence-corrected chi connectivity index (χ0v) is 8.75. The molecule has 0 aromatic rings. The van der Waals surface area contributed by atoms with Gasteiger partial charge in [0.05, 0.1) is 0 Å². The van der Waals surface area contributed by atoms with Gasteiger partial charge in [0.15, 0.2) is 0 Å². The first-order chi connectivity index (χ1) is 6.15. The molecule has 0 amide bonds. The summed E-state index contributed by atoms with van der Waals surface area (Å²) in [5.74, 6) is 0.978. The molecular weight excluding hydrogens is 162 g/mol. The van der Waals surface area contributed by atoms with Gasteiger partial charge in [-0.15, -0.1) is 0 Å². The Labute approximate surface area is 80.9 Å². The highest BCUT2D eigenvalue weighted by Crippen LogP contribution is 2.28. The minimum atomic E-state index is 0.250. The highest BCUT2D eigenvalue weighted by molar-refractivity contribution is 5.83. The molecule has 2 nitrogen and oxygen atoms in total. The molecule has 0 aliphatic heterocycles. The van der Waals surface area contributed by atoms with Gasteiger partial charge in [-0.3, -0.25) is 4.79 Å². The topological polar surface area (TPSA) is 43.1 Å². The minimum Gasteiger partial charge on any atom is -0.328 e. The lowest BCUT2D eigenvalue weighted by atomic mass is 9.90. The van der Waals surface area contributed by atoms with E-state index >= 15 is 0 Å². The molecule has 0 aromatic heterocycles. The van der Waals surface area contributed by atoms with E-state index in [1.807, 2.05) is 0 Å². The molecule has 0 bridgehead atoms. The van der Waals surface area contributed by atoms with Gasteiger partial charge in [-0.25, -0.2) is 0 Å². The summed E-state index contributed by atoms with van der Waals surface area (Å²) in [4.78, 5) is 11.8. The van der Waals surface area contributed by atoms with Gasteiger partial charge in [0.2, 0.25) is 0 Å². The van der Waals surface area contributed by atoms with Crippen molar-refractivity contribution in [1.29, 1.82) is 0 Å². The van der Waals surface area contributed by atoms with E-state index in [1.165, 1.54) is 0 Å². The van der Waals surface area contributed by atoms with Gasteiger partial charge < -0.3 is 5.73 Å². The van der Waals surface area contributed by atoms with E-state index in [9.17, 15) is 4.79 Å². The first-order valence-corrected chi connectivity index (χ1v) is 5.44. The van der Waals surface area contributed by atoms with E-state index in [0.29, 0.717) is 5.78 Å². The Morgan fingerprint density at radius 3 is 2.69 bits per heavy atom. The summed E-state index contributed by atoms with van der Waals surface area (Å²) < 4.78 is 0. The number of ketones is 1. The number of carbonyl (C=O) groups is 1. The van der Waals surface area contributed by atoms with Crippen molar-refractivity contribution < 1.29 is 4.79 Å². The second-order valence-corrected chi connectivity index (χ2v) is 4.36. The van der Waals surface area contributed by atoms with Crippen LogP contribution < -0.4 is 5.73 Å². The summed E-state index contributed by atoms with van der Waals surface area (Å²) in [6, 6.07) is 0.280. The third kappa shape index (κ3) is 2.80. The zero-order chi connectivity index (χ0) is 9.84. The fourth-order valence-electron chi connectivity index (χ4n) is 2.25. The molecule has 0 saturated heterocycles. The average Bonchev–Trinajstić information content (AvgIpc) is 2.51. The SMILES string of the molecule is CCCC(C)C(=O)C1CCC(N)C1. The Morgan fingerprint density at radius 2 is 2.23 bits per heavy atom. The second kappa shape index (κ2) is 4.75. The van der Waals surface area contributed by atoms with E-state index in [0.717, 1.165) is 32.1 Å². The molecule has 0 radical (unpaired) electrons. The van der Waals surface area contributed by atoms with Crippen LogP contribution in [0.15, 0.2) is 0 Å². The van der Waals surface area contributed by atoms with Crippen LogP contribution in [0.25, 0.3) is 0 Å². The molecule has 0 heterocycles. The smallest absolute Gasteiger partial charge is 0.138 e. The Hall–Kier alpha value is -0.370. The van der Waals surface area contributed by atoms with Crippen LogP contribution in [0.1, 0.15) is 46.0 Å². The molecule has 1 aliphatic carbocycles. The fourth-order valence-corrected chi connectivity index (χ4v) is 2.25. The van der Waals surface area contributed by atoms with Crippen molar-refractivity contribution in [2.45, 2.75) is 52.0 Å². The van der Waals surface area contributed by atoms with Crippen molar-refractivity contribution in [3.63, 3.8) is 0 Å². The van der Waals surface area contributed by atoms with E-state index in [-0.39, 0.29) is 17.9 Å². The Morgan fingerprint density at radius 1 is 1.54 bits per heavy atom. The molecule has 2 heteroatoms. The number of hydrogen-bond donors (Lipinski definition) is 1. The standard InChI is InChI=1S/C11H21NO/c1-3-4-8(2)11(13)9-5-6-10(12)7-9/h8-10H,3-7,12H2,1-2H3. The van der Waals surface area contributed by atoms with Crippen molar-refractivity contribution in [1.82, 2.24) is 0 Å². The van der Waals surface area contributed by atoms with Crippen LogP contribution in [0.4, 0.5) is 0 Å². The molecule has 76 valence electrons. The molecule has 13 heavy (non-hydrogen) atoms. The summed E-state index contributed by atoms with van der Waals surface area (Å²) in [5.41, 5.74) is 5.78. The van der Waals surface area contributed by atoms with Crippen molar-refractivity contribution in [2.75, 3.05) is 0 Å². The van der Waals surface area contributed by atoms with Gasteiger partial charge >= 0.3 is 0 Å². The Bertz CT molecular complexity index is 179. The molecule has 2 N–H and O–H groups in total. The lowest BCUT2D eigenvalue weighted by Gasteiger charge is -2.14. The van der Waals surface area contributed by atoms with E-state index in [4.69, 9.17) is 5.73 Å². The fraction of sp³-hybridized carbons (Fsp3) is 0.909. The van der Waals surface area contributed by atoms with Gasteiger partial charge in [0.1, 0.15) is 5.78 Å². The molecule has 1 saturated carbocycles. The van der Waals surface area contributed by atoms with Crippen LogP contribution in [0.2, 0.25) is 0 Å². The van der Waals surface area contributed by atoms with Crippen LogP contribution in [-0.2, 0) is 4.79 Å². The maximum Gasteiger partial charge on any atom is 0.138 e. The van der Waals surface area contributed by atoms with Gasteiger partial charge in [-0.1, -0.05) is 20.3 Å². The summed E-state index contributed by atoms with van der Waals surface area (Å²) in [6.07, 6.45) is 5.12. The van der Waals surface area contributed by atoms with Crippen LogP contribution in [0.3, 0.4) is 0 Å². The lowest BCUT2D eigenvalue weighted by Crippen LogP contribution is -2.22. The van der Waals surface area contributed by atoms with E-state index in [2.05, 4.69) is 13.8 Å². The average molecular weight is 183 g/mol. The molecule has 0 spiro atoms. The number of nitrogens with two attached hydrogens (primary N) is 1. The van der Waals surface area contributed by atoms with Crippen LogP contribution >= 0.6 is 0 Å².